The lowest BCUT2D eigenvalue weighted by atomic mass is 10.1. The topological polar surface area (TPSA) is 116 Å². The minimum absolute atomic E-state index is 0.0572. The summed E-state index contributed by atoms with van der Waals surface area (Å²) in [6.07, 6.45) is 3.95. The van der Waals surface area contributed by atoms with Gasteiger partial charge in [0, 0.05) is 35.7 Å². The third-order valence-corrected chi connectivity index (χ3v) is 6.90. The summed E-state index contributed by atoms with van der Waals surface area (Å²) in [4.78, 5) is 10.2. The molecule has 0 saturated heterocycles. The summed E-state index contributed by atoms with van der Waals surface area (Å²) < 4.78 is 38.9. The zero-order chi connectivity index (χ0) is 22.9. The number of benzene rings is 1. The Morgan fingerprint density at radius 3 is 2.72 bits per heavy atom. The maximum atomic E-state index is 14.7. The Morgan fingerprint density at radius 2 is 2.03 bits per heavy atom. The monoisotopic (exact) mass is 475 g/mol. The molecule has 1 aromatic carbocycles. The van der Waals surface area contributed by atoms with Crippen LogP contribution in [0.25, 0.3) is 21.3 Å². The summed E-state index contributed by atoms with van der Waals surface area (Å²) >= 11 is 1.40. The van der Waals surface area contributed by atoms with Crippen LogP contribution in [0.4, 0.5) is 10.2 Å². The molecule has 0 amide bonds. The molecule has 0 spiro atoms. The van der Waals surface area contributed by atoms with Crippen LogP contribution in [0.5, 0.6) is 0 Å². The highest BCUT2D eigenvalue weighted by Gasteiger charge is 2.17. The summed E-state index contributed by atoms with van der Waals surface area (Å²) in [7, 11) is -3.48. The molecular formula is C20H22FN7O2S2. The van der Waals surface area contributed by atoms with Gasteiger partial charge in [0.25, 0.3) is 0 Å². The van der Waals surface area contributed by atoms with Gasteiger partial charge in [-0.05, 0) is 37.6 Å². The van der Waals surface area contributed by atoms with Crippen molar-refractivity contribution >= 4 is 37.2 Å². The van der Waals surface area contributed by atoms with Crippen LogP contribution in [0.1, 0.15) is 32.1 Å². The first-order chi connectivity index (χ1) is 15.2. The molecule has 4 rings (SSSR count). The summed E-state index contributed by atoms with van der Waals surface area (Å²) in [5.74, 6) is 0.751. The van der Waals surface area contributed by atoms with Gasteiger partial charge in [0.05, 0.1) is 21.2 Å². The highest BCUT2D eigenvalue weighted by Crippen LogP contribution is 2.37. The number of nitrogens with zero attached hydrogens (tertiary/aromatic N) is 6. The highest BCUT2D eigenvalue weighted by atomic mass is 32.2. The van der Waals surface area contributed by atoms with E-state index in [9.17, 15) is 12.8 Å². The van der Waals surface area contributed by atoms with Gasteiger partial charge in [0.2, 0.25) is 0 Å². The third-order valence-electron chi connectivity index (χ3n) is 4.81. The molecule has 0 unspecified atom stereocenters. The average molecular weight is 476 g/mol. The molecule has 12 heteroatoms. The van der Waals surface area contributed by atoms with Gasteiger partial charge in [0.15, 0.2) is 15.7 Å². The molecule has 0 aliphatic rings. The highest BCUT2D eigenvalue weighted by molar-refractivity contribution is 7.90. The first kappa shape index (κ1) is 22.2. The van der Waals surface area contributed by atoms with Gasteiger partial charge >= 0.3 is 0 Å². The van der Waals surface area contributed by atoms with Gasteiger partial charge in [-0.2, -0.15) is 4.80 Å². The number of rotatable bonds is 8. The normalized spacial score (nSPS) is 12.0. The molecule has 4 aromatic rings. The number of tetrazole rings is 1. The molecule has 0 radical (unpaired) electrons. The second-order valence-electron chi connectivity index (χ2n) is 7.61. The van der Waals surface area contributed by atoms with E-state index in [4.69, 9.17) is 0 Å². The lowest BCUT2D eigenvalue weighted by Crippen LogP contribution is -2.07. The lowest BCUT2D eigenvalue weighted by Gasteiger charge is -2.07. The molecule has 0 fully saturated rings. The zero-order valence-corrected chi connectivity index (χ0v) is 19.4. The Kier molecular flexibility index (Phi) is 6.15. The first-order valence-electron chi connectivity index (χ1n) is 9.98. The molecule has 0 aliphatic heterocycles. The van der Waals surface area contributed by atoms with Crippen molar-refractivity contribution in [1.29, 1.82) is 0 Å². The van der Waals surface area contributed by atoms with Crippen molar-refractivity contribution in [2.24, 2.45) is 0 Å². The van der Waals surface area contributed by atoms with Crippen molar-refractivity contribution in [3.63, 3.8) is 0 Å². The van der Waals surface area contributed by atoms with Crippen LogP contribution in [0.3, 0.4) is 0 Å². The number of fused-ring (bicyclic) bond motifs is 1. The van der Waals surface area contributed by atoms with Crippen LogP contribution >= 0.6 is 11.3 Å². The molecule has 32 heavy (non-hydrogen) atoms. The Labute approximate surface area is 188 Å². The van der Waals surface area contributed by atoms with E-state index < -0.39 is 15.7 Å². The van der Waals surface area contributed by atoms with Gasteiger partial charge < -0.3 is 5.32 Å². The van der Waals surface area contributed by atoms with Gasteiger partial charge in [-0.3, -0.25) is 0 Å². The van der Waals surface area contributed by atoms with E-state index in [1.54, 1.807) is 10.2 Å². The maximum Gasteiger partial charge on any atom is 0.175 e. The fourth-order valence-corrected chi connectivity index (χ4v) is 4.76. The first-order valence-corrected chi connectivity index (χ1v) is 12.8. The van der Waals surface area contributed by atoms with E-state index in [0.29, 0.717) is 41.3 Å². The number of aromatic nitrogens is 6. The van der Waals surface area contributed by atoms with Crippen LogP contribution < -0.4 is 5.32 Å². The lowest BCUT2D eigenvalue weighted by molar-refractivity contribution is 0.453. The summed E-state index contributed by atoms with van der Waals surface area (Å²) in [5, 5.41) is 17.5. The minimum atomic E-state index is -3.48. The number of thiophene rings is 1. The van der Waals surface area contributed by atoms with E-state index >= 15 is 0 Å². The quantitative estimate of drug-likeness (QED) is 0.385. The number of nitrogens with one attached hydrogen (secondary N) is 1. The molecule has 1 N–H and O–H groups in total. The average Bonchev–Trinajstić information content (AvgIpc) is 3.38. The van der Waals surface area contributed by atoms with E-state index in [0.717, 1.165) is 23.4 Å². The summed E-state index contributed by atoms with van der Waals surface area (Å²) in [5.41, 5.74) is 1.51. The Hall–Kier alpha value is -2.99. The number of hydrogen-bond acceptors (Lipinski definition) is 9. The van der Waals surface area contributed by atoms with Crippen molar-refractivity contribution in [1.82, 2.24) is 30.2 Å². The Bertz CT molecular complexity index is 1370. The Morgan fingerprint density at radius 1 is 1.22 bits per heavy atom. The van der Waals surface area contributed by atoms with E-state index in [2.05, 4.69) is 30.7 Å². The molecule has 168 valence electrons. The molecular weight excluding hydrogens is 453 g/mol. The van der Waals surface area contributed by atoms with Crippen LogP contribution in [-0.2, 0) is 16.3 Å². The molecule has 0 aliphatic carbocycles. The predicted octanol–water partition coefficient (Wildman–Crippen LogP) is 3.51. The van der Waals surface area contributed by atoms with Crippen molar-refractivity contribution in [3.05, 3.63) is 41.5 Å². The molecule has 9 nitrogen and oxygen atoms in total. The second kappa shape index (κ2) is 8.87. The van der Waals surface area contributed by atoms with Crippen molar-refractivity contribution in [2.45, 2.75) is 37.6 Å². The van der Waals surface area contributed by atoms with Crippen LogP contribution in [-0.4, -0.2) is 51.4 Å². The fraction of sp³-hybridized carbons (Fsp3) is 0.350. The van der Waals surface area contributed by atoms with Gasteiger partial charge in [-0.15, -0.1) is 21.5 Å². The van der Waals surface area contributed by atoms with Crippen molar-refractivity contribution in [3.8, 4) is 11.1 Å². The second-order valence-corrected chi connectivity index (χ2v) is 10.5. The predicted molar refractivity (Wildman–Crippen MR) is 121 cm³/mol. The third kappa shape index (κ3) is 4.60. The zero-order valence-electron chi connectivity index (χ0n) is 17.8. The van der Waals surface area contributed by atoms with Crippen LogP contribution in [0.15, 0.2) is 34.8 Å². The number of sulfone groups is 1. The van der Waals surface area contributed by atoms with Crippen molar-refractivity contribution < 1.29 is 12.8 Å². The van der Waals surface area contributed by atoms with Crippen molar-refractivity contribution in [2.75, 3.05) is 18.1 Å². The molecule has 0 bridgehead atoms. The number of aryl methyl sites for hydroxylation is 1. The largest absolute Gasteiger partial charge is 0.369 e. The number of halogens is 1. The fourth-order valence-electron chi connectivity index (χ4n) is 3.14. The van der Waals surface area contributed by atoms with Gasteiger partial charge in [-0.1, -0.05) is 6.07 Å². The maximum absolute atomic E-state index is 14.7. The van der Waals surface area contributed by atoms with Crippen LogP contribution in [0, 0.1) is 5.82 Å². The summed E-state index contributed by atoms with van der Waals surface area (Å²) in [6.45, 7) is 4.64. The smallest absolute Gasteiger partial charge is 0.175 e. The minimum Gasteiger partial charge on any atom is -0.369 e. The Balaban J connectivity index is 1.49. The van der Waals surface area contributed by atoms with E-state index in [-0.39, 0.29) is 10.9 Å². The van der Waals surface area contributed by atoms with E-state index in [1.807, 2.05) is 13.8 Å². The van der Waals surface area contributed by atoms with E-state index in [1.165, 1.54) is 29.8 Å². The van der Waals surface area contributed by atoms with Crippen LogP contribution in [0.2, 0.25) is 0 Å². The number of hydrogen-bond donors (Lipinski definition) is 1. The van der Waals surface area contributed by atoms with Gasteiger partial charge in [-0.25, -0.2) is 22.8 Å². The molecule has 3 heterocycles. The molecule has 0 atom stereocenters. The van der Waals surface area contributed by atoms with Gasteiger partial charge in [0.1, 0.15) is 18.0 Å². The number of anilines is 1. The summed E-state index contributed by atoms with van der Waals surface area (Å²) in [6, 6.07) is 4.09. The SMILES string of the molecule is CC(C)n1nnc(CCCNc2ncnc3c(-c4ccc(S(C)(=O)=O)cc4F)csc23)n1. The molecule has 3 aromatic heterocycles. The molecule has 0 saturated carbocycles. The standard InChI is InChI=1S/C20H22FN7O2S2/c1-12(2)28-26-17(25-27-28)5-4-8-22-20-19-18(23-11-24-20)15(10-31-19)14-7-6-13(9-16(14)21)32(3,29)30/h6-7,9-12H,4-5,8H2,1-3H3,(H,22,23,24).